The van der Waals surface area contributed by atoms with Gasteiger partial charge in [0.05, 0.1) is 0 Å². The molecule has 11 heavy (non-hydrogen) atoms. The van der Waals surface area contributed by atoms with E-state index in [2.05, 4.69) is 0 Å². The van der Waals surface area contributed by atoms with Crippen molar-refractivity contribution >= 4 is 25.7 Å². The van der Waals surface area contributed by atoms with Crippen molar-refractivity contribution in [1.82, 2.24) is 0 Å². The van der Waals surface area contributed by atoms with Crippen molar-refractivity contribution in [2.45, 2.75) is 15.8 Å². The quantitative estimate of drug-likeness (QED) is 0.513. The Kier molecular flexibility index (Phi) is 3.80. The molecule has 0 unspecified atom stereocenters. The Labute approximate surface area is 68.2 Å². The van der Waals surface area contributed by atoms with Crippen LogP contribution in [0.3, 0.4) is 0 Å². The summed E-state index contributed by atoms with van der Waals surface area (Å²) in [6, 6.07) is 0. The van der Waals surface area contributed by atoms with E-state index in [1.165, 1.54) is 0 Å². The van der Waals surface area contributed by atoms with Gasteiger partial charge in [-0.2, -0.15) is 0 Å². The van der Waals surface area contributed by atoms with Crippen LogP contribution in [0.1, 0.15) is 0 Å². The maximum atomic E-state index is 11.6. The number of rotatable bonds is 1. The molecule has 0 bridgehead atoms. The normalized spacial score (nSPS) is 14.2. The molecule has 0 N–H and O–H groups in total. The summed E-state index contributed by atoms with van der Waals surface area (Å²) in [6.45, 7) is 0. The van der Waals surface area contributed by atoms with Crippen LogP contribution in [-0.2, 0) is 0 Å². The Bertz CT molecular complexity index is 113. The van der Waals surface area contributed by atoms with Gasteiger partial charge < -0.3 is 0 Å². The first kappa shape index (κ1) is 11.7. The van der Waals surface area contributed by atoms with Gasteiger partial charge in [0.25, 0.3) is 0 Å². The van der Waals surface area contributed by atoms with Gasteiger partial charge in [-0.1, -0.05) is 0 Å². The van der Waals surface area contributed by atoms with E-state index in [1.54, 1.807) is 0 Å². The van der Waals surface area contributed by atoms with Gasteiger partial charge >= 0.3 is 67.8 Å². The molecular formula is C3H3AsF6Se. The van der Waals surface area contributed by atoms with Gasteiger partial charge in [0, 0.05) is 0 Å². The first-order valence-corrected chi connectivity index (χ1v) is 10.5. The third-order valence-electron chi connectivity index (χ3n) is 0.643. The maximum absolute atomic E-state index is 11.6. The summed E-state index contributed by atoms with van der Waals surface area (Å²) >= 11 is -5.94. The topological polar surface area (TPSA) is 0 Å². The van der Waals surface area contributed by atoms with E-state index in [0.717, 1.165) is 5.82 Å². The van der Waals surface area contributed by atoms with E-state index >= 15 is 0 Å². The molecule has 0 radical (unpaired) electrons. The molecule has 0 fully saturated rings. The van der Waals surface area contributed by atoms with Gasteiger partial charge in [0.1, 0.15) is 0 Å². The molecular weight excluding hydrogens is 304 g/mol. The molecule has 0 aromatic rings. The Morgan fingerprint density at radius 3 is 1.18 bits per heavy atom. The summed E-state index contributed by atoms with van der Waals surface area (Å²) in [4.78, 5) is -10.0. The van der Waals surface area contributed by atoms with Crippen molar-refractivity contribution in [3.8, 4) is 0 Å². The van der Waals surface area contributed by atoms with Crippen LogP contribution in [0.5, 0.6) is 0 Å². The summed E-state index contributed by atoms with van der Waals surface area (Å²) in [5.74, 6) is 0.980. The monoisotopic (exact) mass is 308 g/mol. The Morgan fingerprint density at radius 2 is 1.18 bits per heavy atom. The minimum atomic E-state index is -5.00. The molecule has 0 heterocycles. The average molecular weight is 307 g/mol. The number of alkyl halides is 6. The van der Waals surface area contributed by atoms with Crippen molar-refractivity contribution < 1.29 is 26.3 Å². The first-order valence-electron chi connectivity index (χ1n) is 2.17. The zero-order valence-corrected chi connectivity index (χ0v) is 8.71. The predicted octanol–water partition coefficient (Wildman–Crippen LogP) is 1.93. The second-order valence-corrected chi connectivity index (χ2v) is 13.5. The van der Waals surface area contributed by atoms with Crippen LogP contribution in [-0.4, -0.2) is 35.7 Å². The summed E-state index contributed by atoms with van der Waals surface area (Å²) in [6.07, 6.45) is 0. The molecule has 0 rings (SSSR count). The fourth-order valence-corrected chi connectivity index (χ4v) is 6.34. The molecule has 0 nitrogen and oxygen atoms in total. The molecule has 0 aliphatic rings. The van der Waals surface area contributed by atoms with Crippen molar-refractivity contribution in [3.05, 3.63) is 0 Å². The van der Waals surface area contributed by atoms with Gasteiger partial charge in [0.15, 0.2) is 0 Å². The third kappa shape index (κ3) is 3.72. The second-order valence-electron chi connectivity index (χ2n) is 1.41. The van der Waals surface area contributed by atoms with Crippen molar-refractivity contribution in [2.75, 3.05) is 0 Å². The SMILES string of the molecule is C[Se][As](C(F)(F)F)C(F)(F)F. The van der Waals surface area contributed by atoms with E-state index < -0.39 is 35.7 Å². The van der Waals surface area contributed by atoms with Crippen LogP contribution >= 0.6 is 0 Å². The Hall–Kier alpha value is 0.658. The zero-order valence-electron chi connectivity index (χ0n) is 5.12. The molecule has 0 saturated carbocycles. The molecule has 0 aliphatic heterocycles. The first-order chi connectivity index (χ1) is 4.69. The van der Waals surface area contributed by atoms with Crippen LogP contribution in [0.4, 0.5) is 26.3 Å². The molecule has 0 saturated heterocycles. The molecule has 0 aliphatic carbocycles. The summed E-state index contributed by atoms with van der Waals surface area (Å²) < 4.78 is 69.5. The van der Waals surface area contributed by atoms with Gasteiger partial charge in [-0.05, 0) is 0 Å². The third-order valence-corrected chi connectivity index (χ3v) is 11.8. The second kappa shape index (κ2) is 3.58. The van der Waals surface area contributed by atoms with Crippen molar-refractivity contribution in [3.63, 3.8) is 0 Å². The van der Waals surface area contributed by atoms with E-state index in [9.17, 15) is 26.3 Å². The van der Waals surface area contributed by atoms with Crippen LogP contribution < -0.4 is 0 Å². The number of hydrogen-bond acceptors (Lipinski definition) is 0. The van der Waals surface area contributed by atoms with Gasteiger partial charge in [-0.15, -0.1) is 0 Å². The standard InChI is InChI=1S/C3H3AsF6Se/c1-11-4(2(5,6)7)3(8,9)10/h1H3. The van der Waals surface area contributed by atoms with E-state index in [-0.39, 0.29) is 0 Å². The number of hydrogen-bond donors (Lipinski definition) is 0. The Balaban J connectivity index is 4.43. The predicted molar refractivity (Wildman–Crippen MR) is 29.5 cm³/mol. The van der Waals surface area contributed by atoms with Crippen molar-refractivity contribution in [2.24, 2.45) is 0 Å². The summed E-state index contributed by atoms with van der Waals surface area (Å²) in [5.41, 5.74) is 0. The van der Waals surface area contributed by atoms with E-state index in [1.807, 2.05) is 0 Å². The molecule has 0 atom stereocenters. The van der Waals surface area contributed by atoms with Crippen LogP contribution in [0.2, 0.25) is 5.82 Å². The van der Waals surface area contributed by atoms with Gasteiger partial charge in [-0.3, -0.25) is 0 Å². The minimum absolute atomic E-state index is 0.980. The zero-order chi connectivity index (χ0) is 9.28. The van der Waals surface area contributed by atoms with Crippen LogP contribution in [0.15, 0.2) is 0 Å². The van der Waals surface area contributed by atoms with Gasteiger partial charge in [0.2, 0.25) is 0 Å². The molecule has 68 valence electrons. The summed E-state index contributed by atoms with van der Waals surface area (Å²) in [7, 11) is 0. The molecule has 0 aromatic heterocycles. The van der Waals surface area contributed by atoms with Crippen molar-refractivity contribution in [1.29, 1.82) is 0 Å². The van der Waals surface area contributed by atoms with E-state index in [0.29, 0.717) is 0 Å². The van der Waals surface area contributed by atoms with Crippen LogP contribution in [0, 0.1) is 0 Å². The van der Waals surface area contributed by atoms with Gasteiger partial charge in [-0.25, -0.2) is 0 Å². The molecule has 0 spiro atoms. The van der Waals surface area contributed by atoms with E-state index in [4.69, 9.17) is 0 Å². The number of halogens is 6. The fourth-order valence-electron chi connectivity index (χ4n) is 0.351. The summed E-state index contributed by atoms with van der Waals surface area (Å²) in [5, 5.41) is 0. The molecule has 8 heteroatoms. The Morgan fingerprint density at radius 1 is 0.909 bits per heavy atom. The average Bonchev–Trinajstić information content (AvgIpc) is 1.56. The molecule has 0 aromatic carbocycles. The van der Waals surface area contributed by atoms with Crippen LogP contribution in [0.25, 0.3) is 0 Å². The molecule has 0 amide bonds. The fraction of sp³-hybridized carbons (Fsp3) is 1.00.